The number of fused-ring (bicyclic) bond motifs is 4. The molecule has 4 rings (SSSR count). The highest BCUT2D eigenvalue weighted by Gasteiger charge is 2.66. The minimum absolute atomic E-state index is 0.0491. The summed E-state index contributed by atoms with van der Waals surface area (Å²) in [4.78, 5) is 12.1. The largest absolute Gasteiger partial charge is 0.389 e. The van der Waals surface area contributed by atoms with Crippen LogP contribution in [0.5, 0.6) is 0 Å². The first kappa shape index (κ1) is 15.5. The van der Waals surface area contributed by atoms with Crippen molar-refractivity contribution in [2.75, 3.05) is 0 Å². The topological polar surface area (TPSA) is 43.2 Å². The molecule has 4 heteroatoms. The van der Waals surface area contributed by atoms with Crippen molar-refractivity contribution < 1.29 is 9.68 Å². The Morgan fingerprint density at radius 3 is 1.52 bits per heavy atom. The third-order valence-electron chi connectivity index (χ3n) is 7.68. The Kier molecular flexibility index (Phi) is 3.34. The fourth-order valence-corrected chi connectivity index (χ4v) is 5.97. The first-order chi connectivity index (χ1) is 11.1. The van der Waals surface area contributed by atoms with Crippen molar-refractivity contribution in [3.05, 3.63) is 0 Å². The molecule has 2 heterocycles. The van der Waals surface area contributed by atoms with Crippen molar-refractivity contribution >= 4 is 11.4 Å². The van der Waals surface area contributed by atoms with Gasteiger partial charge in [0.1, 0.15) is 11.2 Å². The van der Waals surface area contributed by atoms with Gasteiger partial charge in [-0.25, -0.2) is 0 Å². The lowest BCUT2D eigenvalue weighted by Crippen LogP contribution is -2.41. The molecule has 0 aromatic heterocycles. The minimum atomic E-state index is -0.0659. The second kappa shape index (κ2) is 4.97. The van der Waals surface area contributed by atoms with Crippen LogP contribution in [0.3, 0.4) is 0 Å². The second-order valence-electron chi connectivity index (χ2n) is 7.94. The summed E-state index contributed by atoms with van der Waals surface area (Å²) in [7, 11) is 0. The third-order valence-corrected chi connectivity index (χ3v) is 7.68. The molecule has 2 saturated carbocycles. The van der Waals surface area contributed by atoms with Gasteiger partial charge in [-0.3, -0.25) is 0 Å². The average molecular weight is 318 g/mol. The maximum absolute atomic E-state index is 6.04. The van der Waals surface area contributed by atoms with E-state index in [1.165, 1.54) is 37.1 Å². The fourth-order valence-electron chi connectivity index (χ4n) is 5.97. The van der Waals surface area contributed by atoms with E-state index < -0.39 is 0 Å². The molecular weight excluding hydrogens is 288 g/mol. The highest BCUT2D eigenvalue weighted by atomic mass is 16.7. The Labute approximate surface area is 139 Å². The molecule has 2 fully saturated rings. The van der Waals surface area contributed by atoms with Crippen molar-refractivity contribution in [1.82, 2.24) is 0 Å². The van der Waals surface area contributed by atoms with Gasteiger partial charge in [0.2, 0.25) is 0 Å². The maximum Gasteiger partial charge on any atom is 0.145 e. The summed E-state index contributed by atoms with van der Waals surface area (Å²) in [6.07, 6.45) is 8.91. The summed E-state index contributed by atoms with van der Waals surface area (Å²) in [6, 6.07) is 0. The summed E-state index contributed by atoms with van der Waals surface area (Å²) >= 11 is 0. The summed E-state index contributed by atoms with van der Waals surface area (Å²) in [5.74, 6) is 0.967. The monoisotopic (exact) mass is 318 g/mol. The molecule has 0 N–H and O–H groups in total. The average Bonchev–Trinajstić information content (AvgIpc) is 3.31. The van der Waals surface area contributed by atoms with Crippen LogP contribution in [0.25, 0.3) is 0 Å². The van der Waals surface area contributed by atoms with E-state index in [-0.39, 0.29) is 16.6 Å². The second-order valence-corrected chi connectivity index (χ2v) is 7.94. The van der Waals surface area contributed by atoms with Gasteiger partial charge in [-0.15, -0.1) is 0 Å². The summed E-state index contributed by atoms with van der Waals surface area (Å²) in [5, 5.41) is 9.34. The van der Waals surface area contributed by atoms with E-state index >= 15 is 0 Å². The van der Waals surface area contributed by atoms with Gasteiger partial charge in [-0.05, 0) is 51.4 Å². The quantitative estimate of drug-likeness (QED) is 0.755. The van der Waals surface area contributed by atoms with E-state index in [0.717, 1.165) is 25.7 Å². The molecule has 1 spiro atoms. The predicted octanol–water partition coefficient (Wildman–Crippen LogP) is 4.68. The smallest absolute Gasteiger partial charge is 0.145 e. The molecule has 128 valence electrons. The standard InChI is InChI=1S/C19H30N2O2/c1-5-18(6-2)13-9-11-17(15(13)20-22-18)12-10-14-16(17)21-23-19(14,7-3)8-4/h13-14H,5-12H2,1-4H3. The van der Waals surface area contributed by atoms with Crippen LogP contribution in [0.4, 0.5) is 0 Å². The molecule has 2 aliphatic carbocycles. The van der Waals surface area contributed by atoms with Crippen molar-refractivity contribution in [3.8, 4) is 0 Å². The van der Waals surface area contributed by atoms with Crippen LogP contribution >= 0.6 is 0 Å². The molecule has 2 aliphatic heterocycles. The van der Waals surface area contributed by atoms with Crippen LogP contribution in [0.1, 0.15) is 79.1 Å². The molecule has 0 bridgehead atoms. The van der Waals surface area contributed by atoms with Crippen LogP contribution in [-0.2, 0) is 9.68 Å². The Morgan fingerprint density at radius 1 is 0.783 bits per heavy atom. The molecule has 0 radical (unpaired) electrons. The van der Waals surface area contributed by atoms with Gasteiger partial charge in [0.15, 0.2) is 0 Å². The Hall–Kier alpha value is -1.06. The number of nitrogens with zero attached hydrogens (tertiary/aromatic N) is 2. The number of rotatable bonds is 4. The van der Waals surface area contributed by atoms with E-state index in [9.17, 15) is 0 Å². The summed E-state index contributed by atoms with van der Waals surface area (Å²) in [5.41, 5.74) is 2.52. The molecule has 2 unspecified atom stereocenters. The fraction of sp³-hybridized carbons (Fsp3) is 0.895. The third kappa shape index (κ3) is 1.68. The van der Waals surface area contributed by atoms with Gasteiger partial charge in [0.05, 0.1) is 16.8 Å². The molecule has 23 heavy (non-hydrogen) atoms. The number of oxime groups is 2. The Balaban J connectivity index is 1.68. The van der Waals surface area contributed by atoms with Gasteiger partial charge in [-0.1, -0.05) is 38.0 Å². The van der Waals surface area contributed by atoms with Gasteiger partial charge in [0, 0.05) is 11.8 Å². The van der Waals surface area contributed by atoms with E-state index in [4.69, 9.17) is 9.68 Å². The summed E-state index contributed by atoms with van der Waals surface area (Å²) < 4.78 is 0. The zero-order chi connectivity index (χ0) is 16.3. The SMILES string of the molecule is CCC1(CC)ON=C2C1CCC21CCC2C1=NOC2(CC)CC. The molecule has 0 saturated heterocycles. The Morgan fingerprint density at radius 2 is 1.17 bits per heavy atom. The van der Waals surface area contributed by atoms with Gasteiger partial charge < -0.3 is 9.68 Å². The van der Waals surface area contributed by atoms with E-state index in [0.29, 0.717) is 11.8 Å². The molecule has 4 nitrogen and oxygen atoms in total. The van der Waals surface area contributed by atoms with E-state index in [1.54, 1.807) is 0 Å². The predicted molar refractivity (Wildman–Crippen MR) is 91.5 cm³/mol. The molecular formula is C19H30N2O2. The van der Waals surface area contributed by atoms with Crippen LogP contribution in [0, 0.1) is 17.3 Å². The zero-order valence-electron chi connectivity index (χ0n) is 15.0. The molecule has 4 aliphatic rings. The Bertz CT molecular complexity index is 508. The van der Waals surface area contributed by atoms with Crippen molar-refractivity contribution in [3.63, 3.8) is 0 Å². The van der Waals surface area contributed by atoms with Crippen molar-refractivity contribution in [2.24, 2.45) is 27.6 Å². The normalized spacial score (nSPS) is 38.8. The van der Waals surface area contributed by atoms with Gasteiger partial charge in [-0.2, -0.15) is 0 Å². The number of hydrogen-bond donors (Lipinski definition) is 0. The van der Waals surface area contributed by atoms with E-state index in [2.05, 4.69) is 38.0 Å². The lowest BCUT2D eigenvalue weighted by molar-refractivity contribution is -0.0531. The maximum atomic E-state index is 6.04. The van der Waals surface area contributed by atoms with Crippen LogP contribution in [0.2, 0.25) is 0 Å². The van der Waals surface area contributed by atoms with Crippen LogP contribution < -0.4 is 0 Å². The van der Waals surface area contributed by atoms with Crippen LogP contribution in [0.15, 0.2) is 10.3 Å². The van der Waals surface area contributed by atoms with Crippen molar-refractivity contribution in [2.45, 2.75) is 90.3 Å². The first-order valence-corrected chi connectivity index (χ1v) is 9.64. The summed E-state index contributed by atoms with van der Waals surface area (Å²) in [6.45, 7) is 8.94. The van der Waals surface area contributed by atoms with Crippen molar-refractivity contribution in [1.29, 1.82) is 0 Å². The molecule has 0 aromatic carbocycles. The van der Waals surface area contributed by atoms with Gasteiger partial charge in [0.25, 0.3) is 0 Å². The molecule has 0 aromatic rings. The highest BCUT2D eigenvalue weighted by Crippen LogP contribution is 2.61. The highest BCUT2D eigenvalue weighted by molar-refractivity contribution is 6.17. The molecule has 0 amide bonds. The number of hydrogen-bond acceptors (Lipinski definition) is 4. The lowest BCUT2D eigenvalue weighted by atomic mass is 9.73. The van der Waals surface area contributed by atoms with Gasteiger partial charge >= 0.3 is 0 Å². The van der Waals surface area contributed by atoms with Crippen LogP contribution in [-0.4, -0.2) is 22.6 Å². The lowest BCUT2D eigenvalue weighted by Gasteiger charge is -2.30. The first-order valence-electron chi connectivity index (χ1n) is 9.64. The van der Waals surface area contributed by atoms with E-state index in [1.807, 2.05) is 0 Å². The molecule has 2 atom stereocenters. The minimum Gasteiger partial charge on any atom is -0.389 e. The zero-order valence-corrected chi connectivity index (χ0v) is 15.0.